The number of rotatable bonds is 18. The quantitative estimate of drug-likeness (QED) is 0.153. The number of imidazole rings is 1. The number of benzene rings is 1. The van der Waals surface area contributed by atoms with E-state index in [0.29, 0.717) is 24.5 Å². The van der Waals surface area contributed by atoms with Crippen LogP contribution < -0.4 is 10.6 Å². The topological polar surface area (TPSA) is 185 Å². The highest BCUT2D eigenvalue weighted by molar-refractivity contribution is 7.92. The average molecular weight is 717 g/mol. The molecule has 1 aliphatic carbocycles. The van der Waals surface area contributed by atoms with Crippen LogP contribution in [0.15, 0.2) is 42.9 Å². The standard InChI is InChI=1S/C37H56N4O8S/c1-25(2)30(49-33(44)18-17-32(42)43)21-29(20-27-15-11-8-12-16-27)40-35(46)37(6,31-22-38-24-39-31)41-34(45)28(19-26-13-9-7-10-14-26)23-50(47,48)36(3,4)5/h7,9-10,13-14,22,24-25,27-30H,8,11-12,15-21,23H2,1-6H3,(H,38,39)(H,40,46)(H,41,45)(H,42,43)/t28-,29+,30+,37-/m1/s1. The molecule has 1 aliphatic rings. The Morgan fingerprint density at radius 2 is 1.68 bits per heavy atom. The normalized spacial score (nSPS) is 17.3. The maximum atomic E-state index is 14.5. The zero-order valence-electron chi connectivity index (χ0n) is 30.4. The lowest BCUT2D eigenvalue weighted by Crippen LogP contribution is -2.58. The van der Waals surface area contributed by atoms with Crippen molar-refractivity contribution in [3.63, 3.8) is 0 Å². The van der Waals surface area contributed by atoms with E-state index in [-0.39, 0.29) is 25.2 Å². The smallest absolute Gasteiger partial charge is 0.306 e. The van der Waals surface area contributed by atoms with Gasteiger partial charge in [0.1, 0.15) is 6.10 Å². The van der Waals surface area contributed by atoms with Crippen molar-refractivity contribution in [2.24, 2.45) is 17.8 Å². The Morgan fingerprint density at radius 1 is 1.02 bits per heavy atom. The number of nitrogens with zero attached hydrogens (tertiary/aromatic N) is 1. The SMILES string of the molecule is CC(C)[C@H](C[C@H](CC1CCCCC1)NC(=O)[C@](C)(NC(=O)[C@H](Cc1ccccc1)CS(=O)(=O)C(C)(C)C)c1cnc[nH]1)OC(=O)CCC(=O)O. The fraction of sp³-hybridized carbons (Fsp3) is 0.649. The van der Waals surface area contributed by atoms with Gasteiger partial charge in [0.25, 0.3) is 5.91 Å². The van der Waals surface area contributed by atoms with Crippen molar-refractivity contribution in [3.05, 3.63) is 54.1 Å². The van der Waals surface area contributed by atoms with Crippen LogP contribution in [0.1, 0.15) is 111 Å². The predicted molar refractivity (Wildman–Crippen MR) is 191 cm³/mol. The first-order valence-electron chi connectivity index (χ1n) is 17.7. The third-order valence-corrected chi connectivity index (χ3v) is 12.4. The molecule has 0 aliphatic heterocycles. The average Bonchev–Trinajstić information content (AvgIpc) is 3.59. The lowest BCUT2D eigenvalue weighted by atomic mass is 9.82. The van der Waals surface area contributed by atoms with E-state index in [1.807, 2.05) is 44.2 Å². The van der Waals surface area contributed by atoms with Crippen LogP contribution in [0.4, 0.5) is 0 Å². The number of H-pyrrole nitrogens is 1. The number of ether oxygens (including phenoxy) is 1. The second-order valence-electron chi connectivity index (χ2n) is 15.2. The summed E-state index contributed by atoms with van der Waals surface area (Å²) in [6, 6.07) is 8.72. The number of aromatic nitrogens is 2. The van der Waals surface area contributed by atoms with Crippen molar-refractivity contribution in [2.75, 3.05) is 5.75 Å². The third kappa shape index (κ3) is 11.9. The number of amides is 2. The van der Waals surface area contributed by atoms with Crippen LogP contribution >= 0.6 is 0 Å². The van der Waals surface area contributed by atoms with Crippen LogP contribution in [0.25, 0.3) is 0 Å². The van der Waals surface area contributed by atoms with E-state index >= 15 is 0 Å². The lowest BCUT2D eigenvalue weighted by molar-refractivity contribution is -0.154. The molecule has 0 saturated heterocycles. The highest BCUT2D eigenvalue weighted by atomic mass is 32.2. The van der Waals surface area contributed by atoms with Gasteiger partial charge < -0.3 is 25.5 Å². The van der Waals surface area contributed by atoms with Crippen molar-refractivity contribution in [1.29, 1.82) is 0 Å². The summed E-state index contributed by atoms with van der Waals surface area (Å²) >= 11 is 0. The number of carboxylic acid groups (broad SMARTS) is 1. The Balaban J connectivity index is 1.93. The van der Waals surface area contributed by atoms with E-state index in [2.05, 4.69) is 20.6 Å². The minimum atomic E-state index is -3.72. The molecule has 2 amide bonds. The van der Waals surface area contributed by atoms with Gasteiger partial charge in [-0.1, -0.05) is 76.3 Å². The summed E-state index contributed by atoms with van der Waals surface area (Å²) in [6.45, 7) is 10.2. The van der Waals surface area contributed by atoms with Crippen LogP contribution in [0.2, 0.25) is 0 Å². The second-order valence-corrected chi connectivity index (χ2v) is 18.0. The summed E-state index contributed by atoms with van der Waals surface area (Å²) in [4.78, 5) is 59.3. The van der Waals surface area contributed by atoms with Gasteiger partial charge in [-0.25, -0.2) is 13.4 Å². The molecule has 50 heavy (non-hydrogen) atoms. The Labute approximate surface area is 296 Å². The lowest BCUT2D eigenvalue weighted by Gasteiger charge is -2.35. The van der Waals surface area contributed by atoms with Gasteiger partial charge in [-0.05, 0) is 57.9 Å². The number of aromatic amines is 1. The number of esters is 1. The monoisotopic (exact) mass is 716 g/mol. The molecule has 3 rings (SSSR count). The summed E-state index contributed by atoms with van der Waals surface area (Å²) in [6.07, 6.45) is 8.11. The van der Waals surface area contributed by atoms with Gasteiger partial charge in [0.05, 0.1) is 47.5 Å². The maximum absolute atomic E-state index is 14.5. The number of sulfone groups is 1. The van der Waals surface area contributed by atoms with E-state index < -0.39 is 67.7 Å². The van der Waals surface area contributed by atoms with E-state index in [1.165, 1.54) is 12.5 Å². The maximum Gasteiger partial charge on any atom is 0.306 e. The Hall–Kier alpha value is -3.74. The molecule has 4 N–H and O–H groups in total. The summed E-state index contributed by atoms with van der Waals surface area (Å²) in [5.74, 6) is -3.99. The van der Waals surface area contributed by atoms with Gasteiger partial charge in [0.15, 0.2) is 15.4 Å². The molecular formula is C37H56N4O8S. The molecular weight excluding hydrogens is 660 g/mol. The molecule has 0 unspecified atom stereocenters. The van der Waals surface area contributed by atoms with E-state index in [9.17, 15) is 27.6 Å². The van der Waals surface area contributed by atoms with Crippen LogP contribution in [-0.2, 0) is 45.7 Å². The first kappa shape index (κ1) is 40.7. The molecule has 13 heteroatoms. The molecule has 12 nitrogen and oxygen atoms in total. The van der Waals surface area contributed by atoms with E-state index in [1.54, 1.807) is 27.7 Å². The Kier molecular flexibility index (Phi) is 14.6. The molecule has 1 fully saturated rings. The number of carbonyl (C=O) groups is 4. The van der Waals surface area contributed by atoms with Gasteiger partial charge in [0.2, 0.25) is 5.91 Å². The van der Waals surface area contributed by atoms with Crippen molar-refractivity contribution in [1.82, 2.24) is 20.6 Å². The van der Waals surface area contributed by atoms with Crippen LogP contribution in [0, 0.1) is 17.8 Å². The summed E-state index contributed by atoms with van der Waals surface area (Å²) < 4.78 is 31.4. The fourth-order valence-corrected chi connectivity index (χ4v) is 7.61. The van der Waals surface area contributed by atoms with Crippen molar-refractivity contribution in [2.45, 2.75) is 128 Å². The van der Waals surface area contributed by atoms with Gasteiger partial charge >= 0.3 is 11.9 Å². The highest BCUT2D eigenvalue weighted by Crippen LogP contribution is 2.31. The molecule has 1 aromatic carbocycles. The van der Waals surface area contributed by atoms with Crippen molar-refractivity contribution >= 4 is 33.6 Å². The largest absolute Gasteiger partial charge is 0.481 e. The van der Waals surface area contributed by atoms with Gasteiger partial charge in [-0.2, -0.15) is 0 Å². The molecule has 0 bridgehead atoms. The zero-order chi connectivity index (χ0) is 37.1. The fourth-order valence-electron chi connectivity index (χ4n) is 6.31. The number of carboxylic acids is 1. The van der Waals surface area contributed by atoms with Gasteiger partial charge in [-0.15, -0.1) is 0 Å². The molecule has 0 spiro atoms. The first-order chi connectivity index (χ1) is 23.4. The number of hydrogen-bond donors (Lipinski definition) is 4. The highest BCUT2D eigenvalue weighted by Gasteiger charge is 2.43. The summed E-state index contributed by atoms with van der Waals surface area (Å²) in [5.41, 5.74) is -0.559. The Bertz CT molecular complexity index is 1520. The van der Waals surface area contributed by atoms with Crippen molar-refractivity contribution < 1.29 is 37.4 Å². The van der Waals surface area contributed by atoms with E-state index in [4.69, 9.17) is 9.84 Å². The number of carbonyl (C=O) groups excluding carboxylic acids is 3. The molecule has 1 saturated carbocycles. The van der Waals surface area contributed by atoms with Gasteiger partial charge in [-0.3, -0.25) is 19.2 Å². The third-order valence-electron chi connectivity index (χ3n) is 9.68. The number of hydrogen-bond acceptors (Lipinski definition) is 8. The molecule has 4 atom stereocenters. The number of aliphatic carboxylic acids is 1. The van der Waals surface area contributed by atoms with E-state index in [0.717, 1.165) is 37.7 Å². The zero-order valence-corrected chi connectivity index (χ0v) is 31.2. The minimum Gasteiger partial charge on any atom is -0.481 e. The summed E-state index contributed by atoms with van der Waals surface area (Å²) in [5, 5.41) is 15.1. The second kappa shape index (κ2) is 18.0. The minimum absolute atomic E-state index is 0.114. The van der Waals surface area contributed by atoms with Crippen LogP contribution in [0.3, 0.4) is 0 Å². The predicted octanol–water partition coefficient (Wildman–Crippen LogP) is 5.09. The van der Waals surface area contributed by atoms with Crippen molar-refractivity contribution in [3.8, 4) is 0 Å². The molecule has 0 radical (unpaired) electrons. The Morgan fingerprint density at radius 3 is 2.24 bits per heavy atom. The molecule has 2 aromatic rings. The molecule has 278 valence electrons. The first-order valence-corrected chi connectivity index (χ1v) is 19.4. The number of nitrogens with one attached hydrogen (secondary N) is 3. The molecule has 1 heterocycles. The molecule has 1 aromatic heterocycles. The van der Waals surface area contributed by atoms with Crippen LogP contribution in [0.5, 0.6) is 0 Å². The summed E-state index contributed by atoms with van der Waals surface area (Å²) in [7, 11) is -3.72. The van der Waals surface area contributed by atoms with Crippen LogP contribution in [-0.4, -0.2) is 69.9 Å². The van der Waals surface area contributed by atoms with Gasteiger partial charge in [0, 0.05) is 12.5 Å².